The summed E-state index contributed by atoms with van der Waals surface area (Å²) in [5.41, 5.74) is 4.89. The lowest BCUT2D eigenvalue weighted by Gasteiger charge is -2.35. The number of aromatic nitrogens is 4. The van der Waals surface area contributed by atoms with Crippen molar-refractivity contribution in [1.29, 1.82) is 0 Å². The number of nitrogens with zero attached hydrogens (tertiary/aromatic N) is 6. The van der Waals surface area contributed by atoms with Crippen molar-refractivity contribution in [3.05, 3.63) is 69.6 Å². The number of anilines is 1. The molecule has 2 aliphatic rings. The first kappa shape index (κ1) is 20.4. The number of carbonyl (C=O) groups excluding carboxylic acids is 1. The van der Waals surface area contributed by atoms with E-state index in [0.29, 0.717) is 31.9 Å². The molecule has 5 rings (SSSR count). The molecule has 2 aromatic heterocycles. The molecule has 8 nitrogen and oxygen atoms in total. The molecule has 1 saturated heterocycles. The van der Waals surface area contributed by atoms with Gasteiger partial charge in [-0.1, -0.05) is 29.8 Å². The SMILES string of the molecule is Cc1ccc(-c2ccc(=O)n(CC(=O)N3CCN(c4cc5c(nn4)CCC5)CC3)n2)cc1. The van der Waals surface area contributed by atoms with Crippen molar-refractivity contribution < 1.29 is 4.79 Å². The highest BCUT2D eigenvalue weighted by Crippen LogP contribution is 2.23. The van der Waals surface area contributed by atoms with Crippen molar-refractivity contribution in [1.82, 2.24) is 24.9 Å². The van der Waals surface area contributed by atoms with E-state index >= 15 is 0 Å². The number of hydrogen-bond donors (Lipinski definition) is 0. The molecule has 0 bridgehead atoms. The molecule has 0 unspecified atom stereocenters. The first-order valence-electron chi connectivity index (χ1n) is 11.1. The second kappa shape index (κ2) is 8.53. The molecule has 0 radical (unpaired) electrons. The molecule has 1 amide bonds. The summed E-state index contributed by atoms with van der Waals surface area (Å²) in [5, 5.41) is 13.2. The third kappa shape index (κ3) is 4.12. The van der Waals surface area contributed by atoms with E-state index in [0.717, 1.165) is 41.9 Å². The molecule has 8 heteroatoms. The molecule has 0 atom stereocenters. The Morgan fingerprint density at radius 1 is 0.969 bits per heavy atom. The Kier molecular flexibility index (Phi) is 5.43. The minimum absolute atomic E-state index is 0.0583. The number of benzene rings is 1. The van der Waals surface area contributed by atoms with E-state index in [9.17, 15) is 9.59 Å². The third-order valence-electron chi connectivity index (χ3n) is 6.26. The monoisotopic (exact) mass is 430 g/mol. The predicted octanol–water partition coefficient (Wildman–Crippen LogP) is 1.85. The molecular formula is C24H26N6O2. The zero-order valence-electron chi connectivity index (χ0n) is 18.2. The number of piperazine rings is 1. The number of amides is 1. The largest absolute Gasteiger partial charge is 0.352 e. The van der Waals surface area contributed by atoms with E-state index in [2.05, 4.69) is 26.3 Å². The van der Waals surface area contributed by atoms with Crippen LogP contribution in [0, 0.1) is 6.92 Å². The van der Waals surface area contributed by atoms with Gasteiger partial charge < -0.3 is 9.80 Å². The maximum Gasteiger partial charge on any atom is 0.267 e. The zero-order chi connectivity index (χ0) is 22.1. The van der Waals surface area contributed by atoms with Gasteiger partial charge >= 0.3 is 0 Å². The van der Waals surface area contributed by atoms with Crippen molar-refractivity contribution >= 4 is 11.7 Å². The molecule has 0 N–H and O–H groups in total. The highest BCUT2D eigenvalue weighted by molar-refractivity contribution is 5.76. The maximum absolute atomic E-state index is 12.9. The highest BCUT2D eigenvalue weighted by Gasteiger charge is 2.24. The lowest BCUT2D eigenvalue weighted by atomic mass is 10.1. The van der Waals surface area contributed by atoms with Crippen LogP contribution in [0.5, 0.6) is 0 Å². The van der Waals surface area contributed by atoms with Crippen LogP contribution in [0.1, 0.15) is 23.2 Å². The fraction of sp³-hybridized carbons (Fsp3) is 0.375. The second-order valence-electron chi connectivity index (χ2n) is 8.48. The van der Waals surface area contributed by atoms with E-state index in [4.69, 9.17) is 0 Å². The highest BCUT2D eigenvalue weighted by atomic mass is 16.2. The normalized spacial score (nSPS) is 15.7. The topological polar surface area (TPSA) is 84.2 Å². The summed E-state index contributed by atoms with van der Waals surface area (Å²) in [7, 11) is 0. The standard InChI is InChI=1S/C24H26N6O2/c1-17-5-7-18(8-6-17)21-9-10-23(31)30(27-21)16-24(32)29-13-11-28(12-14-29)22-15-19-3-2-4-20(19)25-26-22/h5-10,15H,2-4,11-14,16H2,1H3. The summed E-state index contributed by atoms with van der Waals surface area (Å²) in [4.78, 5) is 29.2. The number of aryl methyl sites for hydroxylation is 3. The van der Waals surface area contributed by atoms with Crippen LogP contribution in [0.15, 0.2) is 47.3 Å². The van der Waals surface area contributed by atoms with Gasteiger partial charge in [-0.05, 0) is 43.9 Å². The molecule has 0 saturated carbocycles. The fourth-order valence-corrected chi connectivity index (χ4v) is 4.33. The van der Waals surface area contributed by atoms with Crippen molar-refractivity contribution in [2.75, 3.05) is 31.1 Å². The Hall–Kier alpha value is -3.55. The maximum atomic E-state index is 12.9. The van der Waals surface area contributed by atoms with Gasteiger partial charge in [0.05, 0.1) is 11.4 Å². The molecule has 0 spiro atoms. The van der Waals surface area contributed by atoms with Crippen LogP contribution in [0.2, 0.25) is 0 Å². The van der Waals surface area contributed by atoms with Gasteiger partial charge in [0.15, 0.2) is 5.82 Å². The predicted molar refractivity (Wildman–Crippen MR) is 122 cm³/mol. The van der Waals surface area contributed by atoms with Crippen LogP contribution in [-0.4, -0.2) is 57.0 Å². The number of rotatable bonds is 4. The van der Waals surface area contributed by atoms with E-state index in [1.807, 2.05) is 31.2 Å². The summed E-state index contributed by atoms with van der Waals surface area (Å²) in [6.45, 7) is 4.54. The molecule has 3 heterocycles. The summed E-state index contributed by atoms with van der Waals surface area (Å²) < 4.78 is 1.26. The summed E-state index contributed by atoms with van der Waals surface area (Å²) in [5.74, 6) is 0.793. The zero-order valence-corrected chi connectivity index (χ0v) is 18.2. The van der Waals surface area contributed by atoms with Gasteiger partial charge in [0.1, 0.15) is 6.54 Å². The smallest absolute Gasteiger partial charge is 0.267 e. The quantitative estimate of drug-likeness (QED) is 0.628. The molecule has 164 valence electrons. The van der Waals surface area contributed by atoms with Crippen molar-refractivity contribution in [2.24, 2.45) is 0 Å². The van der Waals surface area contributed by atoms with Gasteiger partial charge in [-0.3, -0.25) is 9.59 Å². The molecular weight excluding hydrogens is 404 g/mol. The van der Waals surface area contributed by atoms with Crippen LogP contribution in [-0.2, 0) is 24.2 Å². The van der Waals surface area contributed by atoms with Gasteiger partial charge in [0.2, 0.25) is 5.91 Å². The van der Waals surface area contributed by atoms with Gasteiger partial charge in [0.25, 0.3) is 5.56 Å². The van der Waals surface area contributed by atoms with E-state index in [1.165, 1.54) is 16.3 Å². The number of fused-ring (bicyclic) bond motifs is 1. The molecule has 3 aromatic rings. The molecule has 1 aromatic carbocycles. The van der Waals surface area contributed by atoms with Crippen LogP contribution in [0.25, 0.3) is 11.3 Å². The van der Waals surface area contributed by atoms with Gasteiger partial charge in [-0.2, -0.15) is 10.2 Å². The summed E-state index contributed by atoms with van der Waals surface area (Å²) in [6, 6.07) is 13.3. The lowest BCUT2D eigenvalue weighted by molar-refractivity contribution is -0.132. The number of hydrogen-bond acceptors (Lipinski definition) is 6. The van der Waals surface area contributed by atoms with Gasteiger partial charge in [-0.25, -0.2) is 4.68 Å². The second-order valence-corrected chi connectivity index (χ2v) is 8.48. The Balaban J connectivity index is 1.24. The fourth-order valence-electron chi connectivity index (χ4n) is 4.33. The van der Waals surface area contributed by atoms with E-state index in [-0.39, 0.29) is 18.0 Å². The van der Waals surface area contributed by atoms with Crippen LogP contribution in [0.4, 0.5) is 5.82 Å². The molecule has 1 aliphatic carbocycles. The molecule has 32 heavy (non-hydrogen) atoms. The Morgan fingerprint density at radius 2 is 1.75 bits per heavy atom. The molecule has 1 aliphatic heterocycles. The minimum Gasteiger partial charge on any atom is -0.352 e. The van der Waals surface area contributed by atoms with Crippen LogP contribution >= 0.6 is 0 Å². The van der Waals surface area contributed by atoms with E-state index < -0.39 is 0 Å². The lowest BCUT2D eigenvalue weighted by Crippen LogP contribution is -2.50. The van der Waals surface area contributed by atoms with Crippen molar-refractivity contribution in [3.8, 4) is 11.3 Å². The summed E-state index contributed by atoms with van der Waals surface area (Å²) in [6.07, 6.45) is 3.23. The minimum atomic E-state index is -0.277. The van der Waals surface area contributed by atoms with E-state index in [1.54, 1.807) is 11.0 Å². The van der Waals surface area contributed by atoms with Crippen molar-refractivity contribution in [2.45, 2.75) is 32.7 Å². The van der Waals surface area contributed by atoms with Gasteiger partial charge in [-0.15, -0.1) is 5.10 Å². The Bertz CT molecular complexity index is 1200. The average molecular weight is 431 g/mol. The van der Waals surface area contributed by atoms with Gasteiger partial charge in [0, 0.05) is 37.8 Å². The molecule has 1 fully saturated rings. The van der Waals surface area contributed by atoms with Crippen molar-refractivity contribution in [3.63, 3.8) is 0 Å². The van der Waals surface area contributed by atoms with Crippen LogP contribution in [0.3, 0.4) is 0 Å². The summed E-state index contributed by atoms with van der Waals surface area (Å²) >= 11 is 0. The first-order chi connectivity index (χ1) is 15.6. The Morgan fingerprint density at radius 3 is 2.53 bits per heavy atom. The Labute approximate surface area is 186 Å². The third-order valence-corrected chi connectivity index (χ3v) is 6.26. The first-order valence-corrected chi connectivity index (χ1v) is 11.1. The number of carbonyl (C=O) groups is 1. The average Bonchev–Trinajstić information content (AvgIpc) is 3.29. The van der Waals surface area contributed by atoms with Crippen LogP contribution < -0.4 is 10.5 Å².